The van der Waals surface area contributed by atoms with Crippen LogP contribution in [0, 0.1) is 15.9 Å². The van der Waals surface area contributed by atoms with Gasteiger partial charge in [0.15, 0.2) is 0 Å². The Morgan fingerprint density at radius 3 is 2.68 bits per heavy atom. The first-order valence-corrected chi connectivity index (χ1v) is 5.86. The number of nitro benzene ring substituents is 1. The summed E-state index contributed by atoms with van der Waals surface area (Å²) in [5.41, 5.74) is -0.0434. The maximum absolute atomic E-state index is 13.1. The molecule has 0 aliphatic carbocycles. The van der Waals surface area contributed by atoms with E-state index >= 15 is 0 Å². The SMILES string of the molecule is CC(C)NC(=O)CCNc1cc(F)cc([N+](=O)[O-])c1. The summed E-state index contributed by atoms with van der Waals surface area (Å²) < 4.78 is 13.1. The molecule has 1 aromatic carbocycles. The van der Waals surface area contributed by atoms with E-state index in [2.05, 4.69) is 10.6 Å². The minimum atomic E-state index is -0.691. The molecule has 0 heterocycles. The van der Waals surface area contributed by atoms with Crippen LogP contribution in [0.5, 0.6) is 0 Å². The molecule has 0 aliphatic rings. The van der Waals surface area contributed by atoms with E-state index in [0.29, 0.717) is 0 Å². The van der Waals surface area contributed by atoms with Crippen LogP contribution in [0.25, 0.3) is 0 Å². The van der Waals surface area contributed by atoms with Gasteiger partial charge in [0.25, 0.3) is 5.69 Å². The highest BCUT2D eigenvalue weighted by atomic mass is 19.1. The Morgan fingerprint density at radius 2 is 2.11 bits per heavy atom. The summed E-state index contributed by atoms with van der Waals surface area (Å²) >= 11 is 0. The number of nitrogens with one attached hydrogen (secondary N) is 2. The highest BCUT2D eigenvalue weighted by Gasteiger charge is 2.10. The summed E-state index contributed by atoms with van der Waals surface area (Å²) in [6.07, 6.45) is 0.211. The van der Waals surface area contributed by atoms with E-state index in [1.807, 2.05) is 13.8 Å². The van der Waals surface area contributed by atoms with Gasteiger partial charge in [0.1, 0.15) is 5.82 Å². The number of carbonyl (C=O) groups is 1. The molecule has 6 nitrogen and oxygen atoms in total. The molecule has 0 spiro atoms. The van der Waals surface area contributed by atoms with Crippen molar-refractivity contribution < 1.29 is 14.1 Å². The fourth-order valence-corrected chi connectivity index (χ4v) is 1.50. The van der Waals surface area contributed by atoms with Crippen molar-refractivity contribution in [1.29, 1.82) is 0 Å². The first-order valence-electron chi connectivity index (χ1n) is 5.86. The summed E-state index contributed by atoms with van der Waals surface area (Å²) in [4.78, 5) is 21.2. The van der Waals surface area contributed by atoms with Crippen LogP contribution in [0.15, 0.2) is 18.2 Å². The second kappa shape index (κ2) is 6.67. The third-order valence-corrected chi connectivity index (χ3v) is 2.22. The molecule has 104 valence electrons. The van der Waals surface area contributed by atoms with E-state index in [1.165, 1.54) is 6.07 Å². The van der Waals surface area contributed by atoms with Crippen LogP contribution >= 0.6 is 0 Å². The molecule has 0 aromatic heterocycles. The van der Waals surface area contributed by atoms with Gasteiger partial charge in [-0.25, -0.2) is 4.39 Å². The van der Waals surface area contributed by atoms with E-state index < -0.39 is 10.7 Å². The lowest BCUT2D eigenvalue weighted by atomic mass is 10.2. The van der Waals surface area contributed by atoms with Crippen LogP contribution in [0.3, 0.4) is 0 Å². The second-order valence-corrected chi connectivity index (χ2v) is 4.35. The van der Waals surface area contributed by atoms with E-state index in [9.17, 15) is 19.3 Å². The number of non-ortho nitro benzene ring substituents is 1. The smallest absolute Gasteiger partial charge is 0.274 e. The van der Waals surface area contributed by atoms with Crippen molar-refractivity contribution in [3.8, 4) is 0 Å². The third-order valence-electron chi connectivity index (χ3n) is 2.22. The number of amides is 1. The Balaban J connectivity index is 2.54. The standard InChI is InChI=1S/C12H16FN3O3/c1-8(2)15-12(17)3-4-14-10-5-9(13)6-11(7-10)16(18)19/h5-8,14H,3-4H2,1-2H3,(H,15,17). The van der Waals surface area contributed by atoms with Gasteiger partial charge in [-0.15, -0.1) is 0 Å². The number of hydrogen-bond acceptors (Lipinski definition) is 4. The zero-order valence-electron chi connectivity index (χ0n) is 10.8. The van der Waals surface area contributed by atoms with Gasteiger partial charge in [0, 0.05) is 30.8 Å². The Hall–Kier alpha value is -2.18. The monoisotopic (exact) mass is 269 g/mol. The topological polar surface area (TPSA) is 84.3 Å². The van der Waals surface area contributed by atoms with Crippen LogP contribution in [0.1, 0.15) is 20.3 Å². The minimum Gasteiger partial charge on any atom is -0.384 e. The highest BCUT2D eigenvalue weighted by molar-refractivity contribution is 5.76. The molecule has 0 atom stereocenters. The Bertz CT molecular complexity index is 477. The number of halogens is 1. The van der Waals surface area contributed by atoms with Crippen molar-refractivity contribution in [2.45, 2.75) is 26.3 Å². The maximum atomic E-state index is 13.1. The molecule has 7 heteroatoms. The quantitative estimate of drug-likeness (QED) is 0.611. The van der Waals surface area contributed by atoms with Gasteiger partial charge >= 0.3 is 0 Å². The molecule has 1 amide bonds. The van der Waals surface area contributed by atoms with Crippen LogP contribution in [0.4, 0.5) is 15.8 Å². The number of hydrogen-bond donors (Lipinski definition) is 2. The molecule has 0 saturated heterocycles. The fraction of sp³-hybridized carbons (Fsp3) is 0.417. The molecule has 1 aromatic rings. The Labute approximate surface area is 110 Å². The number of carbonyl (C=O) groups excluding carboxylic acids is 1. The van der Waals surface area contributed by atoms with Gasteiger partial charge in [-0.1, -0.05) is 0 Å². The van der Waals surface area contributed by atoms with Crippen LogP contribution in [-0.4, -0.2) is 23.4 Å². The van der Waals surface area contributed by atoms with Crippen LogP contribution in [-0.2, 0) is 4.79 Å². The average molecular weight is 269 g/mol. The number of benzene rings is 1. The molecular formula is C12H16FN3O3. The predicted molar refractivity (Wildman–Crippen MR) is 69.4 cm³/mol. The lowest BCUT2D eigenvalue weighted by Gasteiger charge is -2.09. The van der Waals surface area contributed by atoms with E-state index in [-0.39, 0.29) is 36.3 Å². The van der Waals surface area contributed by atoms with E-state index in [0.717, 1.165) is 12.1 Å². The molecule has 0 radical (unpaired) electrons. The molecule has 2 N–H and O–H groups in total. The third kappa shape index (κ3) is 5.33. The number of anilines is 1. The summed E-state index contributed by atoms with van der Waals surface area (Å²) in [6.45, 7) is 3.97. The van der Waals surface area contributed by atoms with Crippen molar-refractivity contribution in [2.24, 2.45) is 0 Å². The molecule has 0 unspecified atom stereocenters. The van der Waals surface area contributed by atoms with Gasteiger partial charge in [-0.05, 0) is 19.9 Å². The summed E-state index contributed by atoms with van der Waals surface area (Å²) in [5, 5.41) is 16.0. The first kappa shape index (κ1) is 14.9. The van der Waals surface area contributed by atoms with Crippen molar-refractivity contribution >= 4 is 17.3 Å². The van der Waals surface area contributed by atoms with Crippen molar-refractivity contribution in [2.75, 3.05) is 11.9 Å². The van der Waals surface area contributed by atoms with Crippen molar-refractivity contribution in [3.63, 3.8) is 0 Å². The van der Waals surface area contributed by atoms with Crippen LogP contribution < -0.4 is 10.6 Å². The zero-order chi connectivity index (χ0) is 14.4. The van der Waals surface area contributed by atoms with Crippen molar-refractivity contribution in [3.05, 3.63) is 34.1 Å². The fourth-order valence-electron chi connectivity index (χ4n) is 1.50. The lowest BCUT2D eigenvalue weighted by molar-refractivity contribution is -0.385. The molecule has 0 aliphatic heterocycles. The van der Waals surface area contributed by atoms with Gasteiger partial charge < -0.3 is 10.6 Å². The molecule has 0 bridgehead atoms. The van der Waals surface area contributed by atoms with E-state index in [4.69, 9.17) is 0 Å². The minimum absolute atomic E-state index is 0.0581. The Morgan fingerprint density at radius 1 is 1.42 bits per heavy atom. The molecule has 0 fully saturated rings. The number of nitrogens with zero attached hydrogens (tertiary/aromatic N) is 1. The highest BCUT2D eigenvalue weighted by Crippen LogP contribution is 2.19. The van der Waals surface area contributed by atoms with E-state index in [1.54, 1.807) is 0 Å². The average Bonchev–Trinajstić information content (AvgIpc) is 2.27. The van der Waals surface area contributed by atoms with Crippen molar-refractivity contribution in [1.82, 2.24) is 5.32 Å². The number of nitro groups is 1. The van der Waals surface area contributed by atoms with Gasteiger partial charge in [0.05, 0.1) is 11.0 Å². The van der Waals surface area contributed by atoms with Gasteiger partial charge in [-0.3, -0.25) is 14.9 Å². The maximum Gasteiger partial charge on any atom is 0.274 e. The summed E-state index contributed by atoms with van der Waals surface area (Å²) in [7, 11) is 0. The predicted octanol–water partition coefficient (Wildman–Crippen LogP) is 2.06. The van der Waals surface area contributed by atoms with Gasteiger partial charge in [0.2, 0.25) is 5.91 Å². The molecular weight excluding hydrogens is 253 g/mol. The van der Waals surface area contributed by atoms with Crippen LogP contribution in [0.2, 0.25) is 0 Å². The Kier molecular flexibility index (Phi) is 5.23. The largest absolute Gasteiger partial charge is 0.384 e. The molecule has 0 saturated carbocycles. The first-order chi connectivity index (χ1) is 8.88. The summed E-state index contributed by atoms with van der Waals surface area (Å²) in [6, 6.07) is 3.27. The summed E-state index contributed by atoms with van der Waals surface area (Å²) in [5.74, 6) is -0.822. The molecule has 1 rings (SSSR count). The second-order valence-electron chi connectivity index (χ2n) is 4.35. The lowest BCUT2D eigenvalue weighted by Crippen LogP contribution is -2.31. The normalized spacial score (nSPS) is 10.3. The zero-order valence-corrected chi connectivity index (χ0v) is 10.8. The number of rotatable bonds is 6. The van der Waals surface area contributed by atoms with Gasteiger partial charge in [-0.2, -0.15) is 0 Å². The molecule has 19 heavy (non-hydrogen) atoms.